The first-order chi connectivity index (χ1) is 28.5. The molecule has 1 unspecified atom stereocenters. The van der Waals surface area contributed by atoms with E-state index < -0.39 is 29.9 Å². The molecule has 59 heavy (non-hydrogen) atoms. The second-order valence-electron chi connectivity index (χ2n) is 17.4. The van der Waals surface area contributed by atoms with E-state index in [-0.39, 0.29) is 25.4 Å². The Hall–Kier alpha value is -3.88. The molecule has 2 aromatic carbocycles. The van der Waals surface area contributed by atoms with Gasteiger partial charge in [-0.2, -0.15) is 0 Å². The Morgan fingerprint density at radius 3 is 1.58 bits per heavy atom. The zero-order valence-corrected chi connectivity index (χ0v) is 37.3. The van der Waals surface area contributed by atoms with E-state index >= 15 is 0 Å². The van der Waals surface area contributed by atoms with E-state index in [0.717, 1.165) is 61.5 Å². The first-order valence-corrected chi connectivity index (χ1v) is 23.3. The predicted octanol–water partition coefficient (Wildman–Crippen LogP) is 11.7. The number of carboxylic acids is 1. The summed E-state index contributed by atoms with van der Waals surface area (Å²) in [5.41, 5.74) is 1.76. The molecule has 0 saturated heterocycles. The Bertz CT molecular complexity index is 1400. The maximum absolute atomic E-state index is 13.0. The second kappa shape index (κ2) is 32.9. The van der Waals surface area contributed by atoms with Crippen LogP contribution in [0.25, 0.3) is 0 Å². The number of ether oxygens (including phenoxy) is 2. The van der Waals surface area contributed by atoms with Gasteiger partial charge in [0.25, 0.3) is 0 Å². The van der Waals surface area contributed by atoms with Gasteiger partial charge in [0.15, 0.2) is 0 Å². The van der Waals surface area contributed by atoms with Crippen molar-refractivity contribution < 1.29 is 33.8 Å². The van der Waals surface area contributed by atoms with Gasteiger partial charge in [0, 0.05) is 12.8 Å². The molecule has 2 amide bonds. The van der Waals surface area contributed by atoms with Crippen LogP contribution in [0, 0.1) is 11.8 Å². The molecule has 0 heterocycles. The van der Waals surface area contributed by atoms with Crippen molar-refractivity contribution in [3.05, 3.63) is 65.7 Å². The van der Waals surface area contributed by atoms with Crippen molar-refractivity contribution in [3.8, 4) is 5.75 Å². The SMILES string of the molecule is CC(C)CCCCCCCCCCCC(=O)OC(CCCCCCCCCCCC(C)C)CC(=O)NCC(=O)N[C@@H](Cc1ccc(OCc2ccccc2)cc1)C(=O)O. The van der Waals surface area contributed by atoms with E-state index in [0.29, 0.717) is 25.2 Å². The van der Waals surface area contributed by atoms with Crippen LogP contribution in [0.15, 0.2) is 54.6 Å². The van der Waals surface area contributed by atoms with E-state index in [2.05, 4.69) is 38.3 Å². The first kappa shape index (κ1) is 51.3. The number of hydrogen-bond acceptors (Lipinski definition) is 6. The molecule has 0 bridgehead atoms. The topological polar surface area (TPSA) is 131 Å². The van der Waals surface area contributed by atoms with Crippen molar-refractivity contribution >= 4 is 23.8 Å². The number of esters is 1. The number of hydrogen-bond donors (Lipinski definition) is 3. The van der Waals surface area contributed by atoms with Gasteiger partial charge in [0.1, 0.15) is 24.5 Å². The second-order valence-corrected chi connectivity index (χ2v) is 17.4. The molecule has 9 heteroatoms. The molecule has 332 valence electrons. The van der Waals surface area contributed by atoms with Gasteiger partial charge in [-0.1, -0.05) is 186 Å². The van der Waals surface area contributed by atoms with Gasteiger partial charge >= 0.3 is 11.9 Å². The zero-order valence-electron chi connectivity index (χ0n) is 37.3. The van der Waals surface area contributed by atoms with Crippen molar-refractivity contribution in [2.75, 3.05) is 6.54 Å². The monoisotopic (exact) mass is 821 g/mol. The number of carbonyl (C=O) groups excluding carboxylic acids is 3. The van der Waals surface area contributed by atoms with Crippen molar-refractivity contribution in [1.82, 2.24) is 10.6 Å². The molecule has 0 aliphatic heterocycles. The van der Waals surface area contributed by atoms with Gasteiger partial charge in [-0.15, -0.1) is 0 Å². The van der Waals surface area contributed by atoms with Gasteiger partial charge in [0.2, 0.25) is 11.8 Å². The third-order valence-corrected chi connectivity index (χ3v) is 10.9. The lowest BCUT2D eigenvalue weighted by atomic mass is 10.0. The number of aliphatic carboxylic acids is 1. The van der Waals surface area contributed by atoms with Gasteiger partial charge < -0.3 is 25.2 Å². The Morgan fingerprint density at radius 2 is 1.07 bits per heavy atom. The van der Waals surface area contributed by atoms with Crippen molar-refractivity contribution in [2.24, 2.45) is 11.8 Å². The number of rotatable bonds is 36. The smallest absolute Gasteiger partial charge is 0.326 e. The van der Waals surface area contributed by atoms with E-state index in [9.17, 15) is 24.3 Å². The summed E-state index contributed by atoms with van der Waals surface area (Å²) in [4.78, 5) is 50.7. The van der Waals surface area contributed by atoms with Crippen LogP contribution in [0.4, 0.5) is 0 Å². The minimum atomic E-state index is -1.17. The molecule has 3 N–H and O–H groups in total. The molecule has 0 saturated carbocycles. The van der Waals surface area contributed by atoms with E-state index in [1.807, 2.05) is 30.3 Å². The largest absolute Gasteiger partial charge is 0.489 e. The average Bonchev–Trinajstić information content (AvgIpc) is 3.20. The number of unbranched alkanes of at least 4 members (excludes halogenated alkanes) is 16. The fourth-order valence-electron chi connectivity index (χ4n) is 7.27. The highest BCUT2D eigenvalue weighted by molar-refractivity contribution is 5.88. The van der Waals surface area contributed by atoms with Gasteiger partial charge in [-0.25, -0.2) is 4.79 Å². The summed E-state index contributed by atoms with van der Waals surface area (Å²) in [7, 11) is 0. The molecule has 9 nitrogen and oxygen atoms in total. The molecule has 0 spiro atoms. The van der Waals surface area contributed by atoms with Crippen LogP contribution >= 0.6 is 0 Å². The number of benzene rings is 2. The Labute approximate surface area is 357 Å². The van der Waals surface area contributed by atoms with Crippen LogP contribution < -0.4 is 15.4 Å². The van der Waals surface area contributed by atoms with Gasteiger partial charge in [-0.05, 0) is 54.4 Å². The molecule has 0 fully saturated rings. The quantitative estimate of drug-likeness (QED) is 0.0461. The molecular weight excluding hydrogens is 741 g/mol. The van der Waals surface area contributed by atoms with Gasteiger partial charge in [0.05, 0.1) is 13.0 Å². The predicted molar refractivity (Wildman–Crippen MR) is 239 cm³/mol. The molecule has 0 aliphatic carbocycles. The normalized spacial score (nSPS) is 12.3. The summed E-state index contributed by atoms with van der Waals surface area (Å²) in [5, 5.41) is 15.0. The number of nitrogens with one attached hydrogen (secondary N) is 2. The Kier molecular flexibility index (Phi) is 28.6. The minimum Gasteiger partial charge on any atom is -0.489 e. The number of carbonyl (C=O) groups is 4. The van der Waals surface area contributed by atoms with Crippen molar-refractivity contribution in [2.45, 2.75) is 201 Å². The molecule has 0 radical (unpaired) electrons. The maximum Gasteiger partial charge on any atom is 0.326 e. The van der Waals surface area contributed by atoms with Crippen LogP contribution in [0.2, 0.25) is 0 Å². The minimum absolute atomic E-state index is 0.0341. The Morgan fingerprint density at radius 1 is 0.576 bits per heavy atom. The van der Waals surface area contributed by atoms with E-state index in [1.165, 1.54) is 89.9 Å². The van der Waals surface area contributed by atoms with E-state index in [1.54, 1.807) is 24.3 Å². The zero-order chi connectivity index (χ0) is 42.9. The number of carboxylic acid groups (broad SMARTS) is 1. The third-order valence-electron chi connectivity index (χ3n) is 10.9. The lowest BCUT2D eigenvalue weighted by Crippen LogP contribution is -2.46. The molecule has 2 rings (SSSR count). The van der Waals surface area contributed by atoms with Gasteiger partial charge in [-0.3, -0.25) is 14.4 Å². The number of amides is 2. The highest BCUT2D eigenvalue weighted by Crippen LogP contribution is 2.19. The Balaban J connectivity index is 1.76. The standard InChI is InChI=1S/C50H80N2O7/c1-40(2)26-20-15-11-7-5-9-13-17-24-30-45(59-49(55)31-25-18-14-10-6-8-12-16-21-27-41(3)4)37-47(53)51-38-48(54)52-46(50(56)57)36-42-32-34-44(35-33-42)58-39-43-28-22-19-23-29-43/h19,22-23,28-29,32-35,40-41,45-46H,5-18,20-21,24-27,30-31,36-39H2,1-4H3,(H,51,53)(H,52,54)(H,56,57)/t45?,46-/m0/s1. The average molecular weight is 821 g/mol. The fourth-order valence-corrected chi connectivity index (χ4v) is 7.27. The summed E-state index contributed by atoms with van der Waals surface area (Å²) in [6.07, 6.45) is 24.2. The first-order valence-electron chi connectivity index (χ1n) is 23.3. The fraction of sp³-hybridized carbons (Fsp3) is 0.680. The summed E-state index contributed by atoms with van der Waals surface area (Å²) in [5.74, 6) is -0.233. The summed E-state index contributed by atoms with van der Waals surface area (Å²) >= 11 is 0. The molecular formula is C50H80N2O7. The molecule has 2 atom stereocenters. The van der Waals surface area contributed by atoms with Crippen molar-refractivity contribution in [3.63, 3.8) is 0 Å². The van der Waals surface area contributed by atoms with Crippen LogP contribution in [-0.4, -0.2) is 47.6 Å². The van der Waals surface area contributed by atoms with Crippen LogP contribution in [0.5, 0.6) is 5.75 Å². The van der Waals surface area contributed by atoms with E-state index in [4.69, 9.17) is 9.47 Å². The highest BCUT2D eigenvalue weighted by Gasteiger charge is 2.22. The van der Waals surface area contributed by atoms with Crippen LogP contribution in [-0.2, 0) is 36.9 Å². The molecule has 0 aromatic heterocycles. The lowest BCUT2D eigenvalue weighted by Gasteiger charge is -2.18. The molecule has 0 aliphatic rings. The van der Waals surface area contributed by atoms with Crippen molar-refractivity contribution in [1.29, 1.82) is 0 Å². The summed E-state index contributed by atoms with van der Waals surface area (Å²) < 4.78 is 11.7. The highest BCUT2D eigenvalue weighted by atomic mass is 16.5. The maximum atomic E-state index is 13.0. The summed E-state index contributed by atoms with van der Waals surface area (Å²) in [6, 6.07) is 15.7. The lowest BCUT2D eigenvalue weighted by molar-refractivity contribution is -0.151. The van der Waals surface area contributed by atoms with Crippen LogP contribution in [0.1, 0.15) is 187 Å². The molecule has 2 aromatic rings. The summed E-state index contributed by atoms with van der Waals surface area (Å²) in [6.45, 7) is 9.17. The van der Waals surface area contributed by atoms with Crippen LogP contribution in [0.3, 0.4) is 0 Å². The third kappa shape index (κ3) is 28.3.